The van der Waals surface area contributed by atoms with Crippen LogP contribution in [0.25, 0.3) is 0 Å². The van der Waals surface area contributed by atoms with Crippen LogP contribution in [-0.2, 0) is 16.0 Å². The van der Waals surface area contributed by atoms with Gasteiger partial charge < -0.3 is 24.6 Å². The maximum atomic E-state index is 5.68. The average Bonchev–Trinajstić information content (AvgIpc) is 3.25. The van der Waals surface area contributed by atoms with Crippen LogP contribution in [0.4, 0.5) is 5.13 Å². The molecule has 1 fully saturated rings. The van der Waals surface area contributed by atoms with Crippen LogP contribution in [0.5, 0.6) is 0 Å². The smallest absolute Gasteiger partial charge is 0.194 e. The van der Waals surface area contributed by atoms with Gasteiger partial charge in [0.1, 0.15) is 0 Å². The summed E-state index contributed by atoms with van der Waals surface area (Å²) in [6.07, 6.45) is 1.14. The molecule has 1 atom stereocenters. The summed E-state index contributed by atoms with van der Waals surface area (Å²) in [7, 11) is 5.72. The Kier molecular flexibility index (Phi) is 11.4. The summed E-state index contributed by atoms with van der Waals surface area (Å²) in [5, 5.41) is 6.50. The van der Waals surface area contributed by atoms with Crippen molar-refractivity contribution in [3.05, 3.63) is 11.1 Å². The summed E-state index contributed by atoms with van der Waals surface area (Å²) >= 11 is 1.65. The zero-order valence-corrected chi connectivity index (χ0v) is 19.4. The number of aliphatic imine (C=N–C) groups is 1. The van der Waals surface area contributed by atoms with E-state index in [1.165, 1.54) is 0 Å². The summed E-state index contributed by atoms with van der Waals surface area (Å²) in [5.74, 6) is 1.53. The highest BCUT2D eigenvalue weighted by Crippen LogP contribution is 2.19. The van der Waals surface area contributed by atoms with Crippen molar-refractivity contribution in [2.75, 3.05) is 65.6 Å². The number of anilines is 1. The van der Waals surface area contributed by atoms with E-state index in [0.717, 1.165) is 49.4 Å². The normalized spacial score (nSPS) is 17.3. The number of nitrogens with zero attached hydrogens (tertiary/aromatic N) is 4. The van der Waals surface area contributed by atoms with Crippen LogP contribution in [0.15, 0.2) is 10.4 Å². The van der Waals surface area contributed by atoms with Crippen molar-refractivity contribution in [2.24, 2.45) is 10.9 Å². The Morgan fingerprint density at radius 2 is 2.27 bits per heavy atom. The van der Waals surface area contributed by atoms with E-state index in [2.05, 4.69) is 27.5 Å². The van der Waals surface area contributed by atoms with Gasteiger partial charge in [0.05, 0.1) is 32.1 Å². The second kappa shape index (κ2) is 12.7. The minimum Gasteiger partial charge on any atom is -0.382 e. The van der Waals surface area contributed by atoms with Crippen LogP contribution >= 0.6 is 35.3 Å². The standard InChI is InChI=1S/C17H31N5O2S.HI/c1-5-18-16(19-10-15-13-25-17(20-15)21(2)3)22-7-6-14(11-22)12-24-9-8-23-4;/h13-14H,5-12H2,1-4H3,(H,18,19);1H. The number of methoxy groups -OCH3 is 1. The molecule has 26 heavy (non-hydrogen) atoms. The fourth-order valence-electron chi connectivity index (χ4n) is 2.71. The Labute approximate surface area is 178 Å². The molecular formula is C17H32IN5O2S. The molecule has 0 saturated carbocycles. The molecule has 1 unspecified atom stereocenters. The molecule has 1 N–H and O–H groups in total. The lowest BCUT2D eigenvalue weighted by atomic mass is 10.1. The molecule has 1 aromatic heterocycles. The van der Waals surface area contributed by atoms with E-state index >= 15 is 0 Å². The molecule has 7 nitrogen and oxygen atoms in total. The summed E-state index contributed by atoms with van der Waals surface area (Å²) in [4.78, 5) is 13.7. The third-order valence-electron chi connectivity index (χ3n) is 4.02. The van der Waals surface area contributed by atoms with Gasteiger partial charge in [0.2, 0.25) is 0 Å². The highest BCUT2D eigenvalue weighted by molar-refractivity contribution is 14.0. The number of aromatic nitrogens is 1. The number of guanidine groups is 1. The van der Waals surface area contributed by atoms with Crippen molar-refractivity contribution in [3.63, 3.8) is 0 Å². The van der Waals surface area contributed by atoms with Gasteiger partial charge in [-0.3, -0.25) is 0 Å². The first-order chi connectivity index (χ1) is 12.1. The Morgan fingerprint density at radius 1 is 1.46 bits per heavy atom. The molecule has 2 heterocycles. The fourth-order valence-corrected chi connectivity index (χ4v) is 3.46. The van der Waals surface area contributed by atoms with Crippen molar-refractivity contribution in [3.8, 4) is 0 Å². The molecule has 0 aromatic carbocycles. The largest absolute Gasteiger partial charge is 0.382 e. The van der Waals surface area contributed by atoms with Gasteiger partial charge in [-0.05, 0) is 13.3 Å². The highest BCUT2D eigenvalue weighted by Gasteiger charge is 2.25. The number of nitrogens with one attached hydrogen (secondary N) is 1. The molecule has 0 aliphatic carbocycles. The van der Waals surface area contributed by atoms with Crippen molar-refractivity contribution in [1.29, 1.82) is 0 Å². The molecule has 1 aromatic rings. The SMILES string of the molecule is CCNC(=NCc1csc(N(C)C)n1)N1CCC(COCCOC)C1.I. The molecule has 150 valence electrons. The van der Waals surface area contributed by atoms with E-state index in [1.807, 2.05) is 19.0 Å². The van der Waals surface area contributed by atoms with Gasteiger partial charge in [-0.15, -0.1) is 35.3 Å². The molecule has 2 rings (SSSR count). The Bertz CT molecular complexity index is 541. The first kappa shape index (κ1) is 23.4. The van der Waals surface area contributed by atoms with Gasteiger partial charge in [-0.1, -0.05) is 0 Å². The maximum absolute atomic E-state index is 5.68. The lowest BCUT2D eigenvalue weighted by Gasteiger charge is -2.21. The predicted molar refractivity (Wildman–Crippen MR) is 119 cm³/mol. The molecule has 9 heteroatoms. The minimum absolute atomic E-state index is 0. The van der Waals surface area contributed by atoms with E-state index in [0.29, 0.717) is 25.7 Å². The number of thiazole rings is 1. The topological polar surface area (TPSA) is 62.2 Å². The van der Waals surface area contributed by atoms with Gasteiger partial charge in [-0.25, -0.2) is 9.98 Å². The van der Waals surface area contributed by atoms with E-state index in [-0.39, 0.29) is 24.0 Å². The number of likely N-dealkylation sites (tertiary alicyclic amines) is 1. The van der Waals surface area contributed by atoms with Gasteiger partial charge >= 0.3 is 0 Å². The Morgan fingerprint density at radius 3 is 2.92 bits per heavy atom. The van der Waals surface area contributed by atoms with E-state index in [9.17, 15) is 0 Å². The third kappa shape index (κ3) is 7.53. The Hall–Kier alpha value is -0.650. The van der Waals surface area contributed by atoms with Crippen LogP contribution in [0.2, 0.25) is 0 Å². The van der Waals surface area contributed by atoms with E-state index in [1.54, 1.807) is 18.4 Å². The van der Waals surface area contributed by atoms with Crippen LogP contribution in [0.3, 0.4) is 0 Å². The van der Waals surface area contributed by atoms with Crippen LogP contribution in [0.1, 0.15) is 19.0 Å². The fraction of sp³-hybridized carbons (Fsp3) is 0.765. The van der Waals surface area contributed by atoms with Crippen molar-refractivity contribution in [1.82, 2.24) is 15.2 Å². The molecular weight excluding hydrogens is 465 g/mol. The summed E-state index contributed by atoms with van der Waals surface area (Å²) < 4.78 is 10.7. The number of hydrogen-bond acceptors (Lipinski definition) is 6. The number of rotatable bonds is 9. The number of halogens is 1. The second-order valence-corrected chi connectivity index (χ2v) is 7.19. The van der Waals surface area contributed by atoms with Crippen molar-refractivity contribution < 1.29 is 9.47 Å². The zero-order valence-electron chi connectivity index (χ0n) is 16.2. The molecule has 0 spiro atoms. The molecule has 1 aliphatic heterocycles. The van der Waals surface area contributed by atoms with Gasteiger partial charge in [0.15, 0.2) is 11.1 Å². The van der Waals surface area contributed by atoms with E-state index in [4.69, 9.17) is 14.5 Å². The quantitative estimate of drug-likeness (QED) is 0.245. The van der Waals surface area contributed by atoms with Crippen molar-refractivity contribution >= 4 is 46.4 Å². The average molecular weight is 497 g/mol. The van der Waals surface area contributed by atoms with Crippen LogP contribution in [0, 0.1) is 5.92 Å². The maximum Gasteiger partial charge on any atom is 0.194 e. The summed E-state index contributed by atoms with van der Waals surface area (Å²) in [6, 6.07) is 0. The summed E-state index contributed by atoms with van der Waals surface area (Å²) in [6.45, 7) is 7.69. The molecule has 0 radical (unpaired) electrons. The van der Waals surface area contributed by atoms with Crippen molar-refractivity contribution in [2.45, 2.75) is 19.9 Å². The molecule has 1 saturated heterocycles. The zero-order chi connectivity index (χ0) is 18.1. The predicted octanol–water partition coefficient (Wildman–Crippen LogP) is 2.28. The third-order valence-corrected chi connectivity index (χ3v) is 5.08. The van der Waals surface area contributed by atoms with E-state index < -0.39 is 0 Å². The van der Waals surface area contributed by atoms with Gasteiger partial charge in [0.25, 0.3) is 0 Å². The number of hydrogen-bond donors (Lipinski definition) is 1. The molecule has 1 aliphatic rings. The van der Waals surface area contributed by atoms with Crippen LogP contribution in [-0.4, -0.2) is 76.5 Å². The molecule has 0 bridgehead atoms. The monoisotopic (exact) mass is 497 g/mol. The number of ether oxygens (including phenoxy) is 2. The lowest BCUT2D eigenvalue weighted by Crippen LogP contribution is -2.40. The highest BCUT2D eigenvalue weighted by atomic mass is 127. The first-order valence-electron chi connectivity index (χ1n) is 8.85. The van der Waals surface area contributed by atoms with Gasteiger partial charge in [-0.2, -0.15) is 0 Å². The first-order valence-corrected chi connectivity index (χ1v) is 9.73. The summed E-state index contributed by atoms with van der Waals surface area (Å²) in [5.41, 5.74) is 1.02. The minimum atomic E-state index is 0. The lowest BCUT2D eigenvalue weighted by molar-refractivity contribution is 0.0536. The molecule has 0 amide bonds. The van der Waals surface area contributed by atoms with Gasteiger partial charge in [0, 0.05) is 52.1 Å². The van der Waals surface area contributed by atoms with Crippen LogP contribution < -0.4 is 10.2 Å². The second-order valence-electron chi connectivity index (χ2n) is 6.35. The Balaban J connectivity index is 0.00000338.